The van der Waals surface area contributed by atoms with E-state index >= 15 is 0 Å². The van der Waals surface area contributed by atoms with Crippen LogP contribution in [0, 0.1) is 0 Å². The van der Waals surface area contributed by atoms with Gasteiger partial charge in [-0.3, -0.25) is 9.59 Å². The van der Waals surface area contributed by atoms with Crippen LogP contribution in [-0.4, -0.2) is 43.6 Å². The molecule has 1 aliphatic rings. The van der Waals surface area contributed by atoms with Crippen molar-refractivity contribution < 1.29 is 23.9 Å². The Kier molecular flexibility index (Phi) is 6.97. The Labute approximate surface area is 169 Å². The van der Waals surface area contributed by atoms with Gasteiger partial charge in [0.1, 0.15) is 0 Å². The second-order valence-electron chi connectivity index (χ2n) is 6.64. The summed E-state index contributed by atoms with van der Waals surface area (Å²) in [5.41, 5.74) is 1.49. The minimum absolute atomic E-state index is 0.0727. The minimum Gasteiger partial charge on any atom is -0.462 e. The number of anilines is 1. The van der Waals surface area contributed by atoms with E-state index in [1.807, 2.05) is 0 Å². The van der Waals surface area contributed by atoms with E-state index in [0.29, 0.717) is 23.4 Å². The first-order chi connectivity index (χ1) is 14.1. The third-order valence-electron chi connectivity index (χ3n) is 4.59. The van der Waals surface area contributed by atoms with Gasteiger partial charge in [0.15, 0.2) is 0 Å². The first-order valence-electron chi connectivity index (χ1n) is 9.66. The molecular weight excluding hydrogens is 372 g/mol. The fourth-order valence-electron chi connectivity index (χ4n) is 3.06. The monoisotopic (exact) mass is 396 g/mol. The quantitative estimate of drug-likeness (QED) is 0.702. The van der Waals surface area contributed by atoms with Crippen LogP contribution in [-0.2, 0) is 9.47 Å². The van der Waals surface area contributed by atoms with Crippen LogP contribution in [0.3, 0.4) is 0 Å². The van der Waals surface area contributed by atoms with Gasteiger partial charge in [-0.25, -0.2) is 4.79 Å². The zero-order valence-electron chi connectivity index (χ0n) is 16.3. The highest BCUT2D eigenvalue weighted by atomic mass is 16.5. The summed E-state index contributed by atoms with van der Waals surface area (Å²) in [7, 11) is 0. The molecule has 29 heavy (non-hydrogen) atoms. The molecule has 1 aliphatic heterocycles. The van der Waals surface area contributed by atoms with Crippen molar-refractivity contribution >= 4 is 23.5 Å². The molecular formula is C22H24N2O5. The van der Waals surface area contributed by atoms with Crippen molar-refractivity contribution in [2.24, 2.45) is 0 Å². The van der Waals surface area contributed by atoms with E-state index in [2.05, 4.69) is 10.6 Å². The first kappa shape index (κ1) is 20.5. The van der Waals surface area contributed by atoms with Gasteiger partial charge in [-0.05, 0) is 56.2 Å². The van der Waals surface area contributed by atoms with Gasteiger partial charge in [-0.15, -0.1) is 0 Å². The number of benzene rings is 2. The molecule has 0 saturated carbocycles. The summed E-state index contributed by atoms with van der Waals surface area (Å²) in [6.45, 7) is 3.18. The molecule has 0 aromatic heterocycles. The minimum atomic E-state index is -0.498. The standard InChI is InChI=1S/C22H24N2O5/c1-2-28-22(27)18-7-3-4-8-19(18)24-21(26)16-11-9-15(10-12-16)20(25)23-14-17-6-5-13-29-17/h3-4,7-12,17H,2,5-6,13-14H2,1H3,(H,23,25)(H,24,26). The lowest BCUT2D eigenvalue weighted by Gasteiger charge is -2.12. The van der Waals surface area contributed by atoms with E-state index in [0.717, 1.165) is 19.4 Å². The number of hydrogen-bond acceptors (Lipinski definition) is 5. The Morgan fingerprint density at radius 2 is 1.72 bits per heavy atom. The summed E-state index contributed by atoms with van der Waals surface area (Å²) in [6.07, 6.45) is 2.04. The molecule has 3 rings (SSSR count). The van der Waals surface area contributed by atoms with Crippen LogP contribution in [0.15, 0.2) is 48.5 Å². The summed E-state index contributed by atoms with van der Waals surface area (Å²) in [6, 6.07) is 13.0. The predicted molar refractivity (Wildman–Crippen MR) is 108 cm³/mol. The average molecular weight is 396 g/mol. The van der Waals surface area contributed by atoms with Crippen molar-refractivity contribution in [2.75, 3.05) is 25.1 Å². The number of hydrogen-bond donors (Lipinski definition) is 2. The molecule has 2 aromatic rings. The highest BCUT2D eigenvalue weighted by molar-refractivity contribution is 6.08. The number of rotatable bonds is 7. The summed E-state index contributed by atoms with van der Waals surface area (Å²) in [4.78, 5) is 36.8. The zero-order chi connectivity index (χ0) is 20.6. The molecule has 2 N–H and O–H groups in total. The lowest BCUT2D eigenvalue weighted by atomic mass is 10.1. The maximum Gasteiger partial charge on any atom is 0.340 e. The smallest absolute Gasteiger partial charge is 0.340 e. The predicted octanol–water partition coefficient (Wildman–Crippen LogP) is 3.02. The van der Waals surface area contributed by atoms with Gasteiger partial charge in [-0.2, -0.15) is 0 Å². The van der Waals surface area contributed by atoms with Gasteiger partial charge in [0.25, 0.3) is 11.8 Å². The number of carbonyl (C=O) groups is 3. The van der Waals surface area contributed by atoms with E-state index in [9.17, 15) is 14.4 Å². The van der Waals surface area contributed by atoms with E-state index < -0.39 is 5.97 Å². The van der Waals surface area contributed by atoms with Crippen LogP contribution in [0.4, 0.5) is 5.69 Å². The summed E-state index contributed by atoms with van der Waals surface area (Å²) in [5, 5.41) is 5.57. The van der Waals surface area contributed by atoms with Gasteiger partial charge in [-0.1, -0.05) is 12.1 Å². The normalized spacial score (nSPS) is 15.6. The molecule has 7 nitrogen and oxygen atoms in total. The molecule has 2 aromatic carbocycles. The third kappa shape index (κ3) is 5.42. The van der Waals surface area contributed by atoms with Gasteiger partial charge >= 0.3 is 5.97 Å². The molecule has 0 radical (unpaired) electrons. The molecule has 7 heteroatoms. The van der Waals surface area contributed by atoms with E-state index in [4.69, 9.17) is 9.47 Å². The van der Waals surface area contributed by atoms with Gasteiger partial charge in [0.05, 0.1) is 24.0 Å². The van der Waals surface area contributed by atoms with Crippen molar-refractivity contribution in [3.8, 4) is 0 Å². The Hall–Kier alpha value is -3.19. The first-order valence-corrected chi connectivity index (χ1v) is 9.66. The van der Waals surface area contributed by atoms with E-state index in [1.54, 1.807) is 55.5 Å². The van der Waals surface area contributed by atoms with Crippen molar-refractivity contribution in [3.05, 3.63) is 65.2 Å². The number of amides is 2. The maximum absolute atomic E-state index is 12.5. The number of carbonyl (C=O) groups excluding carboxylic acids is 3. The average Bonchev–Trinajstić information content (AvgIpc) is 3.26. The molecule has 1 saturated heterocycles. The van der Waals surface area contributed by atoms with Crippen LogP contribution >= 0.6 is 0 Å². The summed E-state index contributed by atoms with van der Waals surface area (Å²) in [5.74, 6) is -1.09. The molecule has 0 spiro atoms. The van der Waals surface area contributed by atoms with Crippen LogP contribution in [0.5, 0.6) is 0 Å². The second-order valence-corrected chi connectivity index (χ2v) is 6.64. The Morgan fingerprint density at radius 3 is 2.38 bits per heavy atom. The lowest BCUT2D eigenvalue weighted by molar-refractivity contribution is 0.0527. The molecule has 152 valence electrons. The molecule has 1 unspecified atom stereocenters. The molecule has 1 atom stereocenters. The van der Waals surface area contributed by atoms with Gasteiger partial charge < -0.3 is 20.1 Å². The summed E-state index contributed by atoms with van der Waals surface area (Å²) >= 11 is 0. The Balaban J connectivity index is 1.62. The fourth-order valence-corrected chi connectivity index (χ4v) is 3.06. The van der Waals surface area contributed by atoms with E-state index in [1.165, 1.54) is 0 Å². The Bertz CT molecular complexity index is 873. The molecule has 0 bridgehead atoms. The molecule has 1 fully saturated rings. The van der Waals surface area contributed by atoms with Crippen LogP contribution < -0.4 is 10.6 Å². The number of esters is 1. The van der Waals surface area contributed by atoms with Crippen molar-refractivity contribution in [3.63, 3.8) is 0 Å². The van der Waals surface area contributed by atoms with Crippen LogP contribution in [0.1, 0.15) is 50.8 Å². The van der Waals surface area contributed by atoms with E-state index in [-0.39, 0.29) is 30.1 Å². The lowest BCUT2D eigenvalue weighted by Crippen LogP contribution is -2.31. The van der Waals surface area contributed by atoms with Crippen molar-refractivity contribution in [2.45, 2.75) is 25.9 Å². The SMILES string of the molecule is CCOC(=O)c1ccccc1NC(=O)c1ccc(C(=O)NCC2CCCO2)cc1. The highest BCUT2D eigenvalue weighted by Crippen LogP contribution is 2.18. The zero-order valence-corrected chi connectivity index (χ0v) is 16.3. The van der Waals surface area contributed by atoms with Gasteiger partial charge in [0, 0.05) is 24.3 Å². The van der Waals surface area contributed by atoms with Crippen LogP contribution in [0.25, 0.3) is 0 Å². The highest BCUT2D eigenvalue weighted by Gasteiger charge is 2.18. The largest absolute Gasteiger partial charge is 0.462 e. The number of ether oxygens (including phenoxy) is 2. The number of para-hydroxylation sites is 1. The van der Waals surface area contributed by atoms with Crippen molar-refractivity contribution in [1.29, 1.82) is 0 Å². The van der Waals surface area contributed by atoms with Gasteiger partial charge in [0.2, 0.25) is 0 Å². The second kappa shape index (κ2) is 9.84. The number of nitrogens with one attached hydrogen (secondary N) is 2. The van der Waals surface area contributed by atoms with Crippen molar-refractivity contribution in [1.82, 2.24) is 5.32 Å². The summed E-state index contributed by atoms with van der Waals surface area (Å²) < 4.78 is 10.5. The Morgan fingerprint density at radius 1 is 1.03 bits per heavy atom. The molecule has 0 aliphatic carbocycles. The third-order valence-corrected chi connectivity index (χ3v) is 4.59. The maximum atomic E-state index is 12.5. The molecule has 1 heterocycles. The topological polar surface area (TPSA) is 93.7 Å². The molecule has 2 amide bonds. The fraction of sp³-hybridized carbons (Fsp3) is 0.318. The van der Waals surface area contributed by atoms with Crippen LogP contribution in [0.2, 0.25) is 0 Å².